The number of aromatic nitrogens is 2. The zero-order valence-electron chi connectivity index (χ0n) is 16.2. The molecular formula is C21H18F2N4O3. The van der Waals surface area contributed by atoms with Crippen LogP contribution in [-0.2, 0) is 9.59 Å². The number of methoxy groups -OCH3 is 1. The largest absolute Gasteiger partial charge is 0.497 e. The Kier molecular flexibility index (Phi) is 4.94. The maximum atomic E-state index is 13.3. The maximum absolute atomic E-state index is 13.3. The highest BCUT2D eigenvalue weighted by Gasteiger charge is 2.36. The topological polar surface area (TPSA) is 85.2 Å². The first-order chi connectivity index (χ1) is 14.4. The van der Waals surface area contributed by atoms with Crippen LogP contribution in [0.3, 0.4) is 0 Å². The Balaban J connectivity index is 1.56. The van der Waals surface area contributed by atoms with E-state index in [1.807, 2.05) is 31.2 Å². The van der Waals surface area contributed by atoms with Gasteiger partial charge < -0.3 is 15.4 Å². The third-order valence-electron chi connectivity index (χ3n) is 4.89. The van der Waals surface area contributed by atoms with Crippen molar-refractivity contribution >= 4 is 23.3 Å². The second-order valence-corrected chi connectivity index (χ2v) is 6.87. The number of hydrogen-bond donors (Lipinski definition) is 2. The molecule has 3 aromatic rings. The van der Waals surface area contributed by atoms with Gasteiger partial charge in [-0.1, -0.05) is 12.1 Å². The Morgan fingerprint density at radius 3 is 2.60 bits per heavy atom. The maximum Gasteiger partial charge on any atom is 0.251 e. The second kappa shape index (κ2) is 7.58. The smallest absolute Gasteiger partial charge is 0.251 e. The summed E-state index contributed by atoms with van der Waals surface area (Å²) in [5, 5.41) is 9.70. The molecule has 0 spiro atoms. The van der Waals surface area contributed by atoms with Crippen molar-refractivity contribution in [1.29, 1.82) is 0 Å². The number of nitrogens with zero attached hydrogens (tertiary/aromatic N) is 2. The van der Waals surface area contributed by atoms with Crippen LogP contribution in [0.4, 0.5) is 20.3 Å². The number of carbonyl (C=O) groups is 2. The molecule has 9 heteroatoms. The number of halogens is 2. The highest BCUT2D eigenvalue weighted by atomic mass is 19.2. The summed E-state index contributed by atoms with van der Waals surface area (Å²) in [7, 11) is 1.58. The average Bonchev–Trinajstić information content (AvgIpc) is 3.18. The molecule has 4 rings (SSSR count). The lowest BCUT2D eigenvalue weighted by Crippen LogP contribution is -2.23. The summed E-state index contributed by atoms with van der Waals surface area (Å²) >= 11 is 0. The molecule has 1 aromatic heterocycles. The minimum atomic E-state index is -1.07. The van der Waals surface area contributed by atoms with Gasteiger partial charge >= 0.3 is 0 Å². The predicted octanol–water partition coefficient (Wildman–Crippen LogP) is 3.67. The van der Waals surface area contributed by atoms with Crippen molar-refractivity contribution in [2.75, 3.05) is 17.7 Å². The molecule has 0 aliphatic carbocycles. The average molecular weight is 412 g/mol. The van der Waals surface area contributed by atoms with Crippen molar-refractivity contribution in [3.63, 3.8) is 0 Å². The molecule has 30 heavy (non-hydrogen) atoms. The number of benzene rings is 2. The van der Waals surface area contributed by atoms with Gasteiger partial charge in [-0.15, -0.1) is 0 Å². The summed E-state index contributed by atoms with van der Waals surface area (Å²) in [5.74, 6) is -1.75. The molecule has 2 heterocycles. The van der Waals surface area contributed by atoms with E-state index in [9.17, 15) is 18.4 Å². The highest BCUT2D eigenvalue weighted by Crippen LogP contribution is 2.38. The SMILES string of the molecule is COc1ccc(-c2c(C)nn3c2NC(=O)C3CC(=O)Nc2ccc(F)c(F)c2)cc1. The second-order valence-electron chi connectivity index (χ2n) is 6.87. The Hall–Kier alpha value is -3.75. The number of rotatable bonds is 5. The molecule has 1 aliphatic rings. The molecule has 2 aromatic carbocycles. The fraction of sp³-hybridized carbons (Fsp3) is 0.190. The molecular weight excluding hydrogens is 394 g/mol. The quantitative estimate of drug-likeness (QED) is 0.670. The zero-order chi connectivity index (χ0) is 21.4. The summed E-state index contributed by atoms with van der Waals surface area (Å²) in [4.78, 5) is 24.9. The standard InChI is InChI=1S/C21H18F2N4O3/c1-11-19(12-3-6-14(30-2)7-4-12)20-25-21(29)17(27(20)26-11)10-18(28)24-13-5-8-15(22)16(23)9-13/h3-9,17H,10H2,1-2H3,(H,24,28)(H,25,29). The third kappa shape index (κ3) is 3.49. The first-order valence-electron chi connectivity index (χ1n) is 9.16. The zero-order valence-corrected chi connectivity index (χ0v) is 16.2. The Bertz CT molecular complexity index is 1140. The third-order valence-corrected chi connectivity index (χ3v) is 4.89. The van der Waals surface area contributed by atoms with Gasteiger partial charge in [0.25, 0.3) is 5.91 Å². The lowest BCUT2D eigenvalue weighted by molar-refractivity contribution is -0.123. The molecule has 7 nitrogen and oxygen atoms in total. The lowest BCUT2D eigenvalue weighted by Gasteiger charge is -2.10. The van der Waals surface area contributed by atoms with Crippen LogP contribution in [-0.4, -0.2) is 28.7 Å². The van der Waals surface area contributed by atoms with Crippen LogP contribution in [0.1, 0.15) is 18.2 Å². The van der Waals surface area contributed by atoms with Gasteiger partial charge in [0.15, 0.2) is 11.6 Å². The molecule has 154 valence electrons. The van der Waals surface area contributed by atoms with Crippen LogP contribution >= 0.6 is 0 Å². The van der Waals surface area contributed by atoms with Gasteiger partial charge in [0.2, 0.25) is 5.91 Å². The summed E-state index contributed by atoms with van der Waals surface area (Å²) in [5.41, 5.74) is 2.41. The van der Waals surface area contributed by atoms with Gasteiger partial charge in [-0.2, -0.15) is 5.10 Å². The predicted molar refractivity (Wildman–Crippen MR) is 106 cm³/mol. The van der Waals surface area contributed by atoms with E-state index >= 15 is 0 Å². The minimum Gasteiger partial charge on any atom is -0.497 e. The van der Waals surface area contributed by atoms with Gasteiger partial charge in [0.1, 0.15) is 17.6 Å². The van der Waals surface area contributed by atoms with Gasteiger partial charge in [-0.3, -0.25) is 9.59 Å². The number of fused-ring (bicyclic) bond motifs is 1. The van der Waals surface area contributed by atoms with Gasteiger partial charge in [0.05, 0.1) is 19.2 Å². The fourth-order valence-electron chi connectivity index (χ4n) is 3.45. The Morgan fingerprint density at radius 2 is 1.93 bits per heavy atom. The molecule has 0 saturated heterocycles. The van der Waals surface area contributed by atoms with Crippen molar-refractivity contribution in [3.8, 4) is 16.9 Å². The molecule has 2 N–H and O–H groups in total. The van der Waals surface area contributed by atoms with E-state index in [0.29, 0.717) is 17.3 Å². The van der Waals surface area contributed by atoms with Gasteiger partial charge in [0, 0.05) is 17.3 Å². The van der Waals surface area contributed by atoms with E-state index in [1.165, 1.54) is 10.7 Å². The van der Waals surface area contributed by atoms with Crippen molar-refractivity contribution in [2.24, 2.45) is 0 Å². The first kappa shape index (κ1) is 19.6. The molecule has 1 atom stereocenters. The number of hydrogen-bond acceptors (Lipinski definition) is 4. The highest BCUT2D eigenvalue weighted by molar-refractivity contribution is 6.04. The number of anilines is 2. The molecule has 2 amide bonds. The first-order valence-corrected chi connectivity index (χ1v) is 9.16. The number of ether oxygens (including phenoxy) is 1. The van der Waals surface area contributed by atoms with Gasteiger partial charge in [-0.05, 0) is 36.8 Å². The van der Waals surface area contributed by atoms with Crippen LogP contribution in [0.25, 0.3) is 11.1 Å². The molecule has 1 unspecified atom stereocenters. The van der Waals surface area contributed by atoms with Crippen LogP contribution in [0, 0.1) is 18.6 Å². The van der Waals surface area contributed by atoms with Crippen LogP contribution < -0.4 is 15.4 Å². The summed E-state index contributed by atoms with van der Waals surface area (Å²) in [6, 6.07) is 9.53. The molecule has 0 saturated carbocycles. The van der Waals surface area contributed by atoms with Crippen LogP contribution in [0.15, 0.2) is 42.5 Å². The van der Waals surface area contributed by atoms with Crippen LogP contribution in [0.5, 0.6) is 5.75 Å². The fourth-order valence-corrected chi connectivity index (χ4v) is 3.45. The number of amides is 2. The van der Waals surface area contributed by atoms with E-state index in [4.69, 9.17) is 4.74 Å². The summed E-state index contributed by atoms with van der Waals surface area (Å²) in [6.45, 7) is 1.81. The van der Waals surface area contributed by atoms with E-state index in [-0.39, 0.29) is 18.0 Å². The molecule has 0 bridgehead atoms. The van der Waals surface area contributed by atoms with Gasteiger partial charge in [-0.25, -0.2) is 13.5 Å². The molecule has 0 radical (unpaired) electrons. The lowest BCUT2D eigenvalue weighted by atomic mass is 10.1. The van der Waals surface area contributed by atoms with E-state index < -0.39 is 23.6 Å². The minimum absolute atomic E-state index is 0.105. The monoisotopic (exact) mass is 412 g/mol. The molecule has 1 aliphatic heterocycles. The summed E-state index contributed by atoms with van der Waals surface area (Å²) < 4.78 is 33.0. The van der Waals surface area contributed by atoms with E-state index in [0.717, 1.165) is 23.3 Å². The normalized spacial score (nSPS) is 14.9. The van der Waals surface area contributed by atoms with Crippen molar-refractivity contribution in [3.05, 3.63) is 59.8 Å². The Labute approximate surface area is 170 Å². The Morgan fingerprint density at radius 1 is 1.20 bits per heavy atom. The molecule has 0 fully saturated rings. The number of carbonyl (C=O) groups excluding carboxylic acids is 2. The van der Waals surface area contributed by atoms with E-state index in [2.05, 4.69) is 15.7 Å². The van der Waals surface area contributed by atoms with Crippen molar-refractivity contribution in [2.45, 2.75) is 19.4 Å². The van der Waals surface area contributed by atoms with E-state index in [1.54, 1.807) is 7.11 Å². The number of nitrogens with one attached hydrogen (secondary N) is 2. The van der Waals surface area contributed by atoms with Crippen molar-refractivity contribution < 1.29 is 23.1 Å². The summed E-state index contributed by atoms with van der Waals surface area (Å²) in [6.07, 6.45) is -0.207. The number of aryl methyl sites for hydroxylation is 1. The van der Waals surface area contributed by atoms with Crippen LogP contribution in [0.2, 0.25) is 0 Å². The van der Waals surface area contributed by atoms with Crippen molar-refractivity contribution in [1.82, 2.24) is 9.78 Å².